The van der Waals surface area contributed by atoms with E-state index in [1.54, 1.807) is 25.2 Å². The van der Waals surface area contributed by atoms with Gasteiger partial charge in [-0.3, -0.25) is 9.59 Å². The highest BCUT2D eigenvalue weighted by atomic mass is 16.5. The van der Waals surface area contributed by atoms with Gasteiger partial charge in [-0.2, -0.15) is 0 Å². The summed E-state index contributed by atoms with van der Waals surface area (Å²) in [6, 6.07) is 18.9. The van der Waals surface area contributed by atoms with Crippen LogP contribution in [0.15, 0.2) is 60.7 Å². The number of nitrogens with one attached hydrogen (secondary N) is 1. The molecule has 3 aromatic rings. The van der Waals surface area contributed by atoms with Gasteiger partial charge in [0.15, 0.2) is 11.5 Å². The molecule has 5 rings (SSSR count). The molecule has 7 heteroatoms. The van der Waals surface area contributed by atoms with Crippen molar-refractivity contribution >= 4 is 11.8 Å². The molecule has 0 aromatic heterocycles. The van der Waals surface area contributed by atoms with Crippen LogP contribution in [-0.4, -0.2) is 44.1 Å². The SMILES string of the molecule is COc1cccc(-c2cc3c(c(OC)c2)OCCN(C(=O)CC2NC(=O)c4ccccc42)C3)c1. The highest BCUT2D eigenvalue weighted by molar-refractivity contribution is 5.99. The van der Waals surface area contributed by atoms with Crippen molar-refractivity contribution in [2.45, 2.75) is 19.0 Å². The summed E-state index contributed by atoms with van der Waals surface area (Å²) in [7, 11) is 3.25. The Morgan fingerprint density at radius 3 is 2.74 bits per heavy atom. The van der Waals surface area contributed by atoms with Crippen molar-refractivity contribution < 1.29 is 23.8 Å². The summed E-state index contributed by atoms with van der Waals surface area (Å²) < 4.78 is 17.0. The van der Waals surface area contributed by atoms with E-state index in [4.69, 9.17) is 14.2 Å². The van der Waals surface area contributed by atoms with Crippen molar-refractivity contribution in [1.29, 1.82) is 0 Å². The van der Waals surface area contributed by atoms with Gasteiger partial charge in [-0.05, 0) is 47.0 Å². The summed E-state index contributed by atoms with van der Waals surface area (Å²) in [4.78, 5) is 27.3. The van der Waals surface area contributed by atoms with E-state index in [9.17, 15) is 9.59 Å². The number of nitrogens with zero attached hydrogens (tertiary/aromatic N) is 1. The lowest BCUT2D eigenvalue weighted by atomic mass is 10.0. The van der Waals surface area contributed by atoms with Crippen LogP contribution in [0.4, 0.5) is 0 Å². The number of ether oxygens (including phenoxy) is 3. The quantitative estimate of drug-likeness (QED) is 0.626. The Morgan fingerprint density at radius 1 is 1.06 bits per heavy atom. The normalized spacial score (nSPS) is 16.6. The Morgan fingerprint density at radius 2 is 1.91 bits per heavy atom. The zero-order valence-corrected chi connectivity index (χ0v) is 19.2. The monoisotopic (exact) mass is 458 g/mol. The van der Waals surface area contributed by atoms with E-state index >= 15 is 0 Å². The zero-order chi connectivity index (χ0) is 23.7. The summed E-state index contributed by atoms with van der Waals surface area (Å²) in [5.74, 6) is 1.87. The van der Waals surface area contributed by atoms with Gasteiger partial charge in [0.2, 0.25) is 5.91 Å². The zero-order valence-electron chi connectivity index (χ0n) is 19.2. The molecule has 2 aliphatic heterocycles. The van der Waals surface area contributed by atoms with Gasteiger partial charge < -0.3 is 24.4 Å². The van der Waals surface area contributed by atoms with Crippen molar-refractivity contribution in [3.8, 4) is 28.4 Å². The smallest absolute Gasteiger partial charge is 0.252 e. The third kappa shape index (κ3) is 4.05. The average Bonchev–Trinajstić information content (AvgIpc) is 3.04. The van der Waals surface area contributed by atoms with Crippen molar-refractivity contribution in [3.05, 3.63) is 77.4 Å². The van der Waals surface area contributed by atoms with Crippen molar-refractivity contribution in [1.82, 2.24) is 10.2 Å². The van der Waals surface area contributed by atoms with Crippen LogP contribution >= 0.6 is 0 Å². The van der Waals surface area contributed by atoms with E-state index in [2.05, 4.69) is 5.32 Å². The van der Waals surface area contributed by atoms with Crippen LogP contribution in [0.2, 0.25) is 0 Å². The lowest BCUT2D eigenvalue weighted by Gasteiger charge is -2.22. The third-order valence-electron chi connectivity index (χ3n) is 6.34. The van der Waals surface area contributed by atoms with Crippen molar-refractivity contribution in [2.75, 3.05) is 27.4 Å². The first-order valence-corrected chi connectivity index (χ1v) is 11.2. The van der Waals surface area contributed by atoms with E-state index in [0.29, 0.717) is 36.8 Å². The molecule has 0 fully saturated rings. The molecule has 2 amide bonds. The Kier molecular flexibility index (Phi) is 5.84. The van der Waals surface area contributed by atoms with Crippen LogP contribution < -0.4 is 19.5 Å². The predicted molar refractivity (Wildman–Crippen MR) is 127 cm³/mol. The van der Waals surface area contributed by atoms with Crippen molar-refractivity contribution in [3.63, 3.8) is 0 Å². The number of hydrogen-bond donors (Lipinski definition) is 1. The number of methoxy groups -OCH3 is 2. The Hall–Kier alpha value is -4.00. The first-order chi connectivity index (χ1) is 16.6. The second-order valence-corrected chi connectivity index (χ2v) is 8.38. The molecule has 0 bridgehead atoms. The molecule has 2 aliphatic rings. The minimum absolute atomic E-state index is 0.0378. The summed E-state index contributed by atoms with van der Waals surface area (Å²) in [6.07, 6.45) is 0.199. The Labute approximate surface area is 198 Å². The van der Waals surface area contributed by atoms with Gasteiger partial charge in [0.25, 0.3) is 5.91 Å². The Bertz CT molecular complexity index is 1260. The highest BCUT2D eigenvalue weighted by Gasteiger charge is 2.32. The summed E-state index contributed by atoms with van der Waals surface area (Å²) in [5, 5.41) is 2.93. The molecule has 0 spiro atoms. The number of rotatable bonds is 5. The van der Waals surface area contributed by atoms with Gasteiger partial charge in [-0.1, -0.05) is 30.3 Å². The number of carbonyl (C=O) groups excluding carboxylic acids is 2. The van der Waals surface area contributed by atoms with E-state index in [1.165, 1.54) is 0 Å². The van der Waals surface area contributed by atoms with E-state index < -0.39 is 0 Å². The minimum Gasteiger partial charge on any atom is -0.497 e. The van der Waals surface area contributed by atoms with Crippen LogP contribution in [0.1, 0.15) is 33.9 Å². The molecular formula is C27H26N2O5. The summed E-state index contributed by atoms with van der Waals surface area (Å²) in [5.41, 5.74) is 4.31. The Balaban J connectivity index is 1.41. The third-order valence-corrected chi connectivity index (χ3v) is 6.34. The molecule has 1 unspecified atom stereocenters. The van der Waals surface area contributed by atoms with Crippen LogP contribution in [-0.2, 0) is 11.3 Å². The summed E-state index contributed by atoms with van der Waals surface area (Å²) >= 11 is 0. The lowest BCUT2D eigenvalue weighted by molar-refractivity contribution is -0.132. The molecule has 1 N–H and O–H groups in total. The second-order valence-electron chi connectivity index (χ2n) is 8.38. The molecule has 7 nitrogen and oxygen atoms in total. The van der Waals surface area contributed by atoms with Gasteiger partial charge in [0.1, 0.15) is 12.4 Å². The van der Waals surface area contributed by atoms with E-state index in [0.717, 1.165) is 28.0 Å². The number of hydrogen-bond acceptors (Lipinski definition) is 5. The second kappa shape index (κ2) is 9.09. The highest BCUT2D eigenvalue weighted by Crippen LogP contribution is 2.39. The standard InChI is InChI=1S/C27H26N2O5/c1-32-20-7-5-6-17(13-20)18-12-19-16-29(10-11-34-26(19)24(14-18)33-2)25(30)15-23-21-8-3-4-9-22(21)27(31)28-23/h3-9,12-14,23H,10-11,15-16H2,1-2H3,(H,28,31). The van der Waals surface area contributed by atoms with Gasteiger partial charge in [0, 0.05) is 17.7 Å². The number of benzene rings is 3. The van der Waals surface area contributed by atoms with Crippen LogP contribution in [0.25, 0.3) is 11.1 Å². The van der Waals surface area contributed by atoms with Gasteiger partial charge >= 0.3 is 0 Å². The molecule has 34 heavy (non-hydrogen) atoms. The fourth-order valence-corrected chi connectivity index (χ4v) is 4.60. The average molecular weight is 459 g/mol. The first-order valence-electron chi connectivity index (χ1n) is 11.2. The van der Waals surface area contributed by atoms with Crippen molar-refractivity contribution in [2.24, 2.45) is 0 Å². The topological polar surface area (TPSA) is 77.1 Å². The molecule has 174 valence electrons. The predicted octanol–water partition coefficient (Wildman–Crippen LogP) is 3.97. The largest absolute Gasteiger partial charge is 0.497 e. The molecule has 2 heterocycles. The van der Waals surface area contributed by atoms with Crippen LogP contribution in [0.3, 0.4) is 0 Å². The minimum atomic E-state index is -0.322. The maximum Gasteiger partial charge on any atom is 0.252 e. The first kappa shape index (κ1) is 21.8. The fraction of sp³-hybridized carbons (Fsp3) is 0.259. The molecular weight excluding hydrogens is 432 g/mol. The van der Waals surface area contributed by atoms with Crippen LogP contribution in [0.5, 0.6) is 17.2 Å². The lowest BCUT2D eigenvalue weighted by Crippen LogP contribution is -2.35. The van der Waals surface area contributed by atoms with Gasteiger partial charge in [-0.15, -0.1) is 0 Å². The number of carbonyl (C=O) groups is 2. The molecule has 0 radical (unpaired) electrons. The number of fused-ring (bicyclic) bond motifs is 2. The van der Waals surface area contributed by atoms with Gasteiger partial charge in [0.05, 0.1) is 33.2 Å². The fourth-order valence-electron chi connectivity index (χ4n) is 4.60. The number of amides is 2. The van der Waals surface area contributed by atoms with E-state index in [-0.39, 0.29) is 24.3 Å². The maximum absolute atomic E-state index is 13.3. The molecule has 3 aromatic carbocycles. The summed E-state index contributed by atoms with van der Waals surface area (Å²) in [6.45, 7) is 1.21. The van der Waals surface area contributed by atoms with E-state index in [1.807, 2.05) is 54.6 Å². The van der Waals surface area contributed by atoms with Crippen LogP contribution in [0, 0.1) is 0 Å². The molecule has 0 saturated heterocycles. The molecule has 0 aliphatic carbocycles. The molecule has 0 saturated carbocycles. The molecule has 1 atom stereocenters. The maximum atomic E-state index is 13.3. The van der Waals surface area contributed by atoms with Gasteiger partial charge in [-0.25, -0.2) is 0 Å².